The summed E-state index contributed by atoms with van der Waals surface area (Å²) < 4.78 is 1.12. The summed E-state index contributed by atoms with van der Waals surface area (Å²) in [5, 5.41) is 24.9. The molecule has 4 aliphatic rings. The van der Waals surface area contributed by atoms with Crippen molar-refractivity contribution in [1.29, 1.82) is 0 Å². The van der Waals surface area contributed by atoms with Crippen molar-refractivity contribution < 1.29 is 15.0 Å². The second-order valence-corrected chi connectivity index (χ2v) is 16.4. The molecule has 0 spiro atoms. The van der Waals surface area contributed by atoms with Crippen LogP contribution in [0.1, 0.15) is 103 Å². The highest BCUT2D eigenvalue weighted by Gasteiger charge is 2.57. The van der Waals surface area contributed by atoms with Crippen molar-refractivity contribution in [2.45, 2.75) is 95.7 Å². The van der Waals surface area contributed by atoms with E-state index in [4.69, 9.17) is 0 Å². The van der Waals surface area contributed by atoms with Gasteiger partial charge < -0.3 is 15.1 Å². The summed E-state index contributed by atoms with van der Waals surface area (Å²) in [6.07, 6.45) is 10.8. The molecule has 1 aromatic heterocycles. The van der Waals surface area contributed by atoms with E-state index in [9.17, 15) is 15.0 Å². The first-order valence-corrected chi connectivity index (χ1v) is 19.0. The third kappa shape index (κ3) is 6.85. The number of aliphatic hydroxyl groups excluding tert-OH is 1. The molecule has 5 heteroatoms. The van der Waals surface area contributed by atoms with Crippen molar-refractivity contribution in [3.05, 3.63) is 118 Å². The van der Waals surface area contributed by atoms with E-state index in [1.807, 2.05) is 18.2 Å². The smallest absolute Gasteiger partial charge is 0.203 e. The van der Waals surface area contributed by atoms with E-state index in [1.54, 1.807) is 11.3 Å². The van der Waals surface area contributed by atoms with Gasteiger partial charge in [-0.2, -0.15) is 0 Å². The van der Waals surface area contributed by atoms with E-state index in [0.717, 1.165) is 96.1 Å². The van der Waals surface area contributed by atoms with E-state index >= 15 is 0 Å². The summed E-state index contributed by atoms with van der Waals surface area (Å²) in [5.74, 6) is 0.804. The molecule has 8 rings (SSSR count). The van der Waals surface area contributed by atoms with Crippen LogP contribution in [0.2, 0.25) is 0 Å². The molecule has 4 atom stereocenters. The number of likely N-dealkylation sites (tertiary alicyclic amines) is 1. The largest absolute Gasteiger partial charge is 0.393 e. The van der Waals surface area contributed by atoms with Gasteiger partial charge in [0, 0.05) is 22.2 Å². The molecule has 3 aromatic carbocycles. The fourth-order valence-electron chi connectivity index (χ4n) is 9.09. The number of allylic oxidation sites excluding steroid dienone is 2. The SMILES string of the molecule is CC1=CCCC2(C)C(CCC2(O)CN2CCC(Cc3ccccc3)CC2)c2ccc(cc2C(=O)c2cc3ccccc3s2)CC(O)CC1. The Balaban J connectivity index is 1.20. The predicted octanol–water partition coefficient (Wildman–Crippen LogP) is 9.13. The van der Waals surface area contributed by atoms with Crippen LogP contribution in [0.5, 0.6) is 0 Å². The van der Waals surface area contributed by atoms with Crippen LogP contribution in [0.4, 0.5) is 0 Å². The maximum Gasteiger partial charge on any atom is 0.203 e. The van der Waals surface area contributed by atoms with Crippen LogP contribution >= 0.6 is 11.3 Å². The topological polar surface area (TPSA) is 60.8 Å². The minimum atomic E-state index is -0.852. The molecular formula is C43H51NO3S. The molecule has 252 valence electrons. The molecule has 2 fully saturated rings. The molecule has 4 nitrogen and oxygen atoms in total. The average molecular weight is 662 g/mol. The minimum absolute atomic E-state index is 0.0575. The molecule has 0 radical (unpaired) electrons. The van der Waals surface area contributed by atoms with Gasteiger partial charge in [0.25, 0.3) is 0 Å². The lowest BCUT2D eigenvalue weighted by Crippen LogP contribution is -2.53. The van der Waals surface area contributed by atoms with Crippen molar-refractivity contribution >= 4 is 27.2 Å². The molecular weight excluding hydrogens is 611 g/mol. The summed E-state index contributed by atoms with van der Waals surface area (Å²) in [4.78, 5) is 17.8. The first kappa shape index (κ1) is 33.4. The lowest BCUT2D eigenvalue weighted by atomic mass is 9.64. The fraction of sp³-hybridized carbons (Fsp3) is 0.465. The molecule has 4 unspecified atom stereocenters. The van der Waals surface area contributed by atoms with E-state index in [-0.39, 0.29) is 11.7 Å². The van der Waals surface area contributed by atoms with Gasteiger partial charge in [0.15, 0.2) is 0 Å². The maximum atomic E-state index is 14.5. The number of aliphatic hydroxyl groups is 2. The second kappa shape index (κ2) is 14.0. The number of thiophene rings is 1. The number of β-amino-alcohol motifs (C(OH)–C–C–N with tert-alkyl or cyclic N) is 1. The van der Waals surface area contributed by atoms with Gasteiger partial charge in [-0.15, -0.1) is 11.3 Å². The minimum Gasteiger partial charge on any atom is -0.393 e. The number of rotatable bonds is 6. The van der Waals surface area contributed by atoms with Crippen molar-refractivity contribution in [2.24, 2.45) is 11.3 Å². The van der Waals surface area contributed by atoms with Crippen molar-refractivity contribution in [3.8, 4) is 0 Å². The molecule has 2 heterocycles. The summed E-state index contributed by atoms with van der Waals surface area (Å²) in [6, 6.07) is 27.4. The molecule has 48 heavy (non-hydrogen) atoms. The van der Waals surface area contributed by atoms with Gasteiger partial charge in [0.1, 0.15) is 0 Å². The van der Waals surface area contributed by atoms with Crippen molar-refractivity contribution in [3.63, 3.8) is 0 Å². The van der Waals surface area contributed by atoms with Gasteiger partial charge in [-0.3, -0.25) is 4.79 Å². The zero-order valence-electron chi connectivity index (χ0n) is 28.7. The van der Waals surface area contributed by atoms with E-state index in [2.05, 4.69) is 85.5 Å². The van der Waals surface area contributed by atoms with Crippen molar-refractivity contribution in [1.82, 2.24) is 4.90 Å². The highest BCUT2D eigenvalue weighted by Crippen LogP contribution is 2.59. The number of carbonyl (C=O) groups is 1. The van der Waals surface area contributed by atoms with Gasteiger partial charge in [-0.25, -0.2) is 0 Å². The third-order valence-electron chi connectivity index (χ3n) is 12.1. The monoisotopic (exact) mass is 661 g/mol. The fourth-order valence-corrected chi connectivity index (χ4v) is 10.1. The molecule has 2 N–H and O–H groups in total. The first-order valence-electron chi connectivity index (χ1n) is 18.2. The summed E-state index contributed by atoms with van der Waals surface area (Å²) in [6.45, 7) is 7.21. The zero-order valence-corrected chi connectivity index (χ0v) is 29.5. The maximum absolute atomic E-state index is 14.5. The molecule has 2 bridgehead atoms. The number of benzene rings is 3. The average Bonchev–Trinajstić information content (AvgIpc) is 3.63. The van der Waals surface area contributed by atoms with Gasteiger partial charge in [0.2, 0.25) is 5.78 Å². The predicted molar refractivity (Wildman–Crippen MR) is 198 cm³/mol. The summed E-state index contributed by atoms with van der Waals surface area (Å²) in [5.41, 5.74) is 4.29. The molecule has 0 amide bonds. The standard InChI is InChI=1S/C43H51NO3S/c1-30-9-8-21-42(2)38(18-22-43(42,47)29-44-23-19-32(20-24-44)25-31-10-4-3-5-11-31)36-17-15-33(26-35(45)16-14-30)27-37(36)41(46)40-28-34-12-6-7-13-39(34)48-40/h3-7,9-13,15,17,27-28,32,35,38,45,47H,8,14,16,18-26,29H2,1-2H3. The number of carbonyl (C=O) groups excluding carboxylic acids is 1. The molecule has 3 aliphatic carbocycles. The number of hydrogen-bond donors (Lipinski definition) is 2. The van der Waals surface area contributed by atoms with Gasteiger partial charge in [-0.1, -0.05) is 79.2 Å². The molecule has 1 saturated heterocycles. The normalized spacial score (nSPS) is 27.5. The Morgan fingerprint density at radius 2 is 1.71 bits per heavy atom. The number of piperidine rings is 1. The van der Waals surface area contributed by atoms with Gasteiger partial charge in [-0.05, 0) is 136 Å². The third-order valence-corrected chi connectivity index (χ3v) is 13.2. The van der Waals surface area contributed by atoms with Crippen LogP contribution in [0.3, 0.4) is 0 Å². The molecule has 4 aromatic rings. The van der Waals surface area contributed by atoms with Crippen LogP contribution in [-0.4, -0.2) is 52.2 Å². The Bertz CT molecular complexity index is 1740. The first-order chi connectivity index (χ1) is 23.2. The highest BCUT2D eigenvalue weighted by molar-refractivity contribution is 7.21. The van der Waals surface area contributed by atoms with Gasteiger partial charge in [0.05, 0.1) is 16.6 Å². The second-order valence-electron chi connectivity index (χ2n) is 15.3. The van der Waals surface area contributed by atoms with Crippen LogP contribution < -0.4 is 0 Å². The van der Waals surface area contributed by atoms with Gasteiger partial charge >= 0.3 is 0 Å². The van der Waals surface area contributed by atoms with Crippen LogP contribution in [-0.2, 0) is 12.8 Å². The Morgan fingerprint density at radius 3 is 2.50 bits per heavy atom. The lowest BCUT2D eigenvalue weighted by Gasteiger charge is -2.47. The highest BCUT2D eigenvalue weighted by atomic mass is 32.1. The number of fused-ring (bicyclic) bond motifs is 9. The number of hydrogen-bond acceptors (Lipinski definition) is 5. The van der Waals surface area contributed by atoms with Crippen LogP contribution in [0.25, 0.3) is 10.1 Å². The lowest BCUT2D eigenvalue weighted by molar-refractivity contribution is -0.0873. The van der Waals surface area contributed by atoms with E-state index < -0.39 is 17.1 Å². The van der Waals surface area contributed by atoms with Crippen molar-refractivity contribution in [2.75, 3.05) is 19.6 Å². The molecule has 1 saturated carbocycles. The number of ketones is 1. The van der Waals surface area contributed by atoms with E-state index in [0.29, 0.717) is 25.3 Å². The molecule has 1 aliphatic heterocycles. The Morgan fingerprint density at radius 1 is 0.938 bits per heavy atom. The summed E-state index contributed by atoms with van der Waals surface area (Å²) >= 11 is 1.56. The van der Waals surface area contributed by atoms with Crippen LogP contribution in [0.15, 0.2) is 90.5 Å². The van der Waals surface area contributed by atoms with E-state index in [1.165, 1.54) is 11.1 Å². The Kier molecular flexibility index (Phi) is 9.77. The zero-order chi connectivity index (χ0) is 33.3. The summed E-state index contributed by atoms with van der Waals surface area (Å²) in [7, 11) is 0. The quantitative estimate of drug-likeness (QED) is 0.160. The Hall–Kier alpha value is -3.09. The number of nitrogens with zero attached hydrogens (tertiary/aromatic N) is 1. The van der Waals surface area contributed by atoms with Crippen LogP contribution in [0, 0.1) is 11.3 Å². The Labute approximate surface area is 290 Å².